The molecule has 3 heterocycles. The van der Waals surface area contributed by atoms with Crippen LogP contribution in [0.4, 0.5) is 0 Å². The lowest BCUT2D eigenvalue weighted by Gasteiger charge is -2.34. The van der Waals surface area contributed by atoms with Gasteiger partial charge >= 0.3 is 5.97 Å². The van der Waals surface area contributed by atoms with Crippen LogP contribution in [0.3, 0.4) is 0 Å². The van der Waals surface area contributed by atoms with Gasteiger partial charge in [-0.1, -0.05) is 6.07 Å². The zero-order chi connectivity index (χ0) is 19.8. The molecule has 1 aromatic heterocycles. The Labute approximate surface area is 196 Å². The summed E-state index contributed by atoms with van der Waals surface area (Å²) in [5.74, 6) is 1.64. The van der Waals surface area contributed by atoms with Crippen molar-refractivity contribution in [3.05, 3.63) is 22.4 Å². The normalized spacial score (nSPS) is 19.7. The van der Waals surface area contributed by atoms with Gasteiger partial charge < -0.3 is 15.0 Å². The van der Waals surface area contributed by atoms with Crippen molar-refractivity contribution >= 4 is 47.2 Å². The number of hydrogen-bond acceptors (Lipinski definition) is 5. The van der Waals surface area contributed by atoms with Gasteiger partial charge in [0.2, 0.25) is 0 Å². The summed E-state index contributed by atoms with van der Waals surface area (Å²) in [7, 11) is 1.48. The molecule has 2 saturated heterocycles. The highest BCUT2D eigenvalue weighted by Gasteiger charge is 2.27. The van der Waals surface area contributed by atoms with Crippen LogP contribution in [0.25, 0.3) is 0 Å². The van der Waals surface area contributed by atoms with E-state index >= 15 is 0 Å². The number of nitrogens with one attached hydrogen (secondary N) is 1. The van der Waals surface area contributed by atoms with Crippen molar-refractivity contribution in [1.29, 1.82) is 0 Å². The van der Waals surface area contributed by atoms with E-state index in [0.717, 1.165) is 51.5 Å². The molecule has 164 valence electrons. The van der Waals surface area contributed by atoms with Gasteiger partial charge in [-0.15, -0.1) is 35.3 Å². The number of methoxy groups -OCH3 is 1. The number of aliphatic imine (C=N–C) groups is 1. The third-order valence-electron chi connectivity index (χ3n) is 5.83. The number of thiophene rings is 1. The average molecular weight is 535 g/mol. The number of esters is 1. The molecule has 1 aromatic rings. The molecule has 29 heavy (non-hydrogen) atoms. The second-order valence-electron chi connectivity index (χ2n) is 7.78. The van der Waals surface area contributed by atoms with Crippen molar-refractivity contribution in [2.24, 2.45) is 16.8 Å². The van der Waals surface area contributed by atoms with Gasteiger partial charge in [-0.05, 0) is 63.1 Å². The highest BCUT2D eigenvalue weighted by molar-refractivity contribution is 14.0. The fraction of sp³-hybridized carbons (Fsp3) is 0.714. The van der Waals surface area contributed by atoms with E-state index in [1.165, 1.54) is 37.9 Å². The Morgan fingerprint density at radius 3 is 2.55 bits per heavy atom. The number of carbonyl (C=O) groups excluding carboxylic acids is 1. The molecular formula is C21H35IN4O2S. The van der Waals surface area contributed by atoms with Crippen LogP contribution in [0.5, 0.6) is 0 Å². The van der Waals surface area contributed by atoms with Gasteiger partial charge in [-0.3, -0.25) is 14.7 Å². The van der Waals surface area contributed by atoms with Crippen LogP contribution < -0.4 is 5.32 Å². The predicted octanol–water partition coefficient (Wildman–Crippen LogP) is 3.43. The van der Waals surface area contributed by atoms with Gasteiger partial charge in [0, 0.05) is 37.6 Å². The summed E-state index contributed by atoms with van der Waals surface area (Å²) in [4.78, 5) is 23.0. The largest absolute Gasteiger partial charge is 0.469 e. The SMILES string of the molecule is CCNC(=NCC1CCN(Cc2cccs2)CC1)N1CCC(C(=O)OC)CC1.I. The van der Waals surface area contributed by atoms with Crippen LogP contribution in [0.2, 0.25) is 0 Å². The molecule has 3 rings (SSSR count). The number of carbonyl (C=O) groups is 1. The predicted molar refractivity (Wildman–Crippen MR) is 130 cm³/mol. The fourth-order valence-corrected chi connectivity index (χ4v) is 4.83. The summed E-state index contributed by atoms with van der Waals surface area (Å²) in [5.41, 5.74) is 0. The number of nitrogens with zero attached hydrogens (tertiary/aromatic N) is 3. The number of halogens is 1. The molecule has 0 aliphatic carbocycles. The quantitative estimate of drug-likeness (QED) is 0.263. The van der Waals surface area contributed by atoms with Gasteiger partial charge in [-0.25, -0.2) is 0 Å². The first-order valence-electron chi connectivity index (χ1n) is 10.6. The molecule has 0 saturated carbocycles. The van der Waals surface area contributed by atoms with E-state index < -0.39 is 0 Å². The van der Waals surface area contributed by atoms with Crippen LogP contribution in [0.15, 0.2) is 22.5 Å². The Morgan fingerprint density at radius 2 is 1.97 bits per heavy atom. The molecule has 6 nitrogen and oxygen atoms in total. The second kappa shape index (κ2) is 12.7. The summed E-state index contributed by atoms with van der Waals surface area (Å²) < 4.78 is 4.89. The van der Waals surface area contributed by atoms with Gasteiger partial charge in [0.05, 0.1) is 13.0 Å². The molecule has 1 N–H and O–H groups in total. The Bertz CT molecular complexity index is 625. The molecule has 2 aliphatic heterocycles. The van der Waals surface area contributed by atoms with Gasteiger partial charge in [0.15, 0.2) is 5.96 Å². The van der Waals surface area contributed by atoms with Crippen LogP contribution >= 0.6 is 35.3 Å². The molecule has 2 aliphatic rings. The van der Waals surface area contributed by atoms with Crippen molar-refractivity contribution in [3.63, 3.8) is 0 Å². The number of likely N-dealkylation sites (tertiary alicyclic amines) is 2. The number of rotatable bonds is 6. The molecule has 0 bridgehead atoms. The minimum Gasteiger partial charge on any atom is -0.469 e. The molecule has 0 spiro atoms. The summed E-state index contributed by atoms with van der Waals surface area (Å²) in [6.07, 6.45) is 4.13. The van der Waals surface area contributed by atoms with E-state index in [2.05, 4.69) is 39.6 Å². The molecule has 0 unspecified atom stereocenters. The minimum absolute atomic E-state index is 0. The fourth-order valence-electron chi connectivity index (χ4n) is 4.09. The van der Waals surface area contributed by atoms with Crippen molar-refractivity contribution in [2.75, 3.05) is 46.4 Å². The lowest BCUT2D eigenvalue weighted by atomic mass is 9.96. The maximum absolute atomic E-state index is 11.7. The Morgan fingerprint density at radius 1 is 1.24 bits per heavy atom. The highest BCUT2D eigenvalue weighted by Crippen LogP contribution is 2.22. The smallest absolute Gasteiger partial charge is 0.308 e. The first kappa shape index (κ1) is 24.4. The molecule has 0 atom stereocenters. The third kappa shape index (κ3) is 7.40. The zero-order valence-electron chi connectivity index (χ0n) is 17.6. The first-order chi connectivity index (χ1) is 13.7. The summed E-state index contributed by atoms with van der Waals surface area (Å²) in [6, 6.07) is 4.37. The minimum atomic E-state index is -0.0732. The van der Waals surface area contributed by atoms with Gasteiger partial charge in [0.25, 0.3) is 0 Å². The van der Waals surface area contributed by atoms with Gasteiger partial charge in [0.1, 0.15) is 0 Å². The summed E-state index contributed by atoms with van der Waals surface area (Å²) in [5, 5.41) is 5.60. The third-order valence-corrected chi connectivity index (χ3v) is 6.69. The van der Waals surface area contributed by atoms with Gasteiger partial charge in [-0.2, -0.15) is 0 Å². The molecule has 0 amide bonds. The van der Waals surface area contributed by atoms with Crippen LogP contribution in [-0.2, 0) is 16.1 Å². The maximum atomic E-state index is 11.7. The maximum Gasteiger partial charge on any atom is 0.308 e. The van der Waals surface area contributed by atoms with E-state index in [9.17, 15) is 4.79 Å². The molecule has 0 aromatic carbocycles. The topological polar surface area (TPSA) is 57.2 Å². The molecular weight excluding hydrogens is 499 g/mol. The van der Waals surface area contributed by atoms with E-state index in [1.54, 1.807) is 0 Å². The zero-order valence-corrected chi connectivity index (χ0v) is 20.8. The van der Waals surface area contributed by atoms with Crippen molar-refractivity contribution < 1.29 is 9.53 Å². The Kier molecular flexibility index (Phi) is 10.7. The highest BCUT2D eigenvalue weighted by atomic mass is 127. The number of piperidine rings is 2. The van der Waals surface area contributed by atoms with E-state index in [-0.39, 0.29) is 35.9 Å². The molecule has 2 fully saturated rings. The van der Waals surface area contributed by atoms with Crippen molar-refractivity contribution in [2.45, 2.75) is 39.2 Å². The lowest BCUT2D eigenvalue weighted by molar-refractivity contribution is -0.146. The van der Waals surface area contributed by atoms with Crippen LogP contribution in [0.1, 0.15) is 37.5 Å². The van der Waals surface area contributed by atoms with Crippen LogP contribution in [0, 0.1) is 11.8 Å². The van der Waals surface area contributed by atoms with Crippen molar-refractivity contribution in [3.8, 4) is 0 Å². The number of guanidine groups is 1. The Hall–Kier alpha value is -0.870. The Balaban J connectivity index is 0.00000300. The number of hydrogen-bond donors (Lipinski definition) is 1. The summed E-state index contributed by atoms with van der Waals surface area (Å²) >= 11 is 1.85. The molecule has 8 heteroatoms. The van der Waals surface area contributed by atoms with E-state index in [0.29, 0.717) is 5.92 Å². The second-order valence-corrected chi connectivity index (χ2v) is 8.81. The summed E-state index contributed by atoms with van der Waals surface area (Å²) in [6.45, 7) is 9.03. The lowest BCUT2D eigenvalue weighted by Crippen LogP contribution is -2.47. The van der Waals surface area contributed by atoms with E-state index in [1.807, 2.05) is 11.3 Å². The number of ether oxygens (including phenoxy) is 1. The first-order valence-corrected chi connectivity index (χ1v) is 11.4. The molecule has 0 radical (unpaired) electrons. The van der Waals surface area contributed by atoms with Crippen LogP contribution in [-0.4, -0.2) is 68.1 Å². The average Bonchev–Trinajstić information content (AvgIpc) is 3.25. The standard InChI is InChI=1S/C21H34N4O2S.HI/c1-3-22-21(25-12-8-18(9-13-25)20(26)27-2)23-15-17-6-10-24(11-7-17)16-19-5-4-14-28-19;/h4-5,14,17-18H,3,6-13,15-16H2,1-2H3,(H,22,23);1H. The van der Waals surface area contributed by atoms with Crippen molar-refractivity contribution in [1.82, 2.24) is 15.1 Å². The monoisotopic (exact) mass is 534 g/mol. The van der Waals surface area contributed by atoms with E-state index in [4.69, 9.17) is 9.73 Å².